The van der Waals surface area contributed by atoms with Crippen LogP contribution in [0, 0.1) is 24.2 Å². The molecule has 5 heteroatoms. The first-order valence-electron chi connectivity index (χ1n) is 7.86. The Kier molecular flexibility index (Phi) is 3.48. The highest BCUT2D eigenvalue weighted by Crippen LogP contribution is 2.62. The third-order valence-electron chi connectivity index (χ3n) is 6.03. The molecular formula is C17H25NO3S. The highest BCUT2D eigenvalue weighted by Gasteiger charge is 2.63. The van der Waals surface area contributed by atoms with E-state index in [1.807, 2.05) is 6.92 Å². The molecule has 0 heterocycles. The molecular weight excluding hydrogens is 298 g/mol. The first kappa shape index (κ1) is 16.0. The maximum absolute atomic E-state index is 12.6. The Morgan fingerprint density at radius 1 is 1.14 bits per heavy atom. The summed E-state index contributed by atoms with van der Waals surface area (Å²) < 4.78 is 27.9. The predicted octanol–water partition coefficient (Wildman–Crippen LogP) is 2.46. The average molecular weight is 323 g/mol. The van der Waals surface area contributed by atoms with Gasteiger partial charge in [0.05, 0.1) is 16.5 Å². The van der Waals surface area contributed by atoms with Gasteiger partial charge in [0.25, 0.3) is 0 Å². The lowest BCUT2D eigenvalue weighted by Crippen LogP contribution is -2.70. The van der Waals surface area contributed by atoms with Crippen LogP contribution in [0.25, 0.3) is 0 Å². The molecule has 0 radical (unpaired) electrons. The van der Waals surface area contributed by atoms with Crippen molar-refractivity contribution in [3.63, 3.8) is 0 Å². The zero-order chi connectivity index (χ0) is 16.3. The molecule has 3 aliphatic carbocycles. The minimum absolute atomic E-state index is 0.0926. The summed E-state index contributed by atoms with van der Waals surface area (Å²) in [5.41, 5.74) is 0.109. The van der Waals surface area contributed by atoms with Gasteiger partial charge in [-0.1, -0.05) is 31.5 Å². The average Bonchev–Trinajstić information content (AvgIpc) is 2.40. The van der Waals surface area contributed by atoms with Gasteiger partial charge in [-0.05, 0) is 56.1 Å². The van der Waals surface area contributed by atoms with Gasteiger partial charge in [-0.25, -0.2) is 13.1 Å². The van der Waals surface area contributed by atoms with Crippen molar-refractivity contribution in [2.24, 2.45) is 17.3 Å². The largest absolute Gasteiger partial charge is 0.388 e. The van der Waals surface area contributed by atoms with E-state index in [2.05, 4.69) is 18.6 Å². The Balaban J connectivity index is 1.83. The van der Waals surface area contributed by atoms with Gasteiger partial charge in [-0.2, -0.15) is 0 Å². The minimum Gasteiger partial charge on any atom is -0.388 e. The van der Waals surface area contributed by atoms with Gasteiger partial charge in [0.1, 0.15) is 0 Å². The van der Waals surface area contributed by atoms with Crippen LogP contribution >= 0.6 is 0 Å². The van der Waals surface area contributed by atoms with Gasteiger partial charge >= 0.3 is 0 Å². The van der Waals surface area contributed by atoms with Crippen molar-refractivity contribution in [2.45, 2.75) is 57.1 Å². The summed E-state index contributed by atoms with van der Waals surface area (Å²) in [5.74, 6) is 0.618. The van der Waals surface area contributed by atoms with Gasteiger partial charge in [-0.15, -0.1) is 0 Å². The molecule has 2 bridgehead atoms. The van der Waals surface area contributed by atoms with E-state index in [0.29, 0.717) is 12.3 Å². The molecule has 1 aromatic carbocycles. The monoisotopic (exact) mass is 323 g/mol. The smallest absolute Gasteiger partial charge is 0.240 e. The first-order valence-corrected chi connectivity index (χ1v) is 9.35. The van der Waals surface area contributed by atoms with Gasteiger partial charge in [0, 0.05) is 0 Å². The van der Waals surface area contributed by atoms with Crippen molar-refractivity contribution in [1.82, 2.24) is 4.72 Å². The van der Waals surface area contributed by atoms with E-state index in [4.69, 9.17) is 0 Å². The third kappa shape index (κ3) is 2.30. The van der Waals surface area contributed by atoms with E-state index >= 15 is 0 Å². The van der Waals surface area contributed by atoms with Gasteiger partial charge in [0.2, 0.25) is 10.0 Å². The summed E-state index contributed by atoms with van der Waals surface area (Å²) in [5, 5.41) is 10.9. The molecule has 2 N–H and O–H groups in total. The first-order chi connectivity index (χ1) is 10.0. The third-order valence-corrected chi connectivity index (χ3v) is 7.52. The van der Waals surface area contributed by atoms with Crippen LogP contribution in [0.5, 0.6) is 0 Å². The second-order valence-electron chi connectivity index (χ2n) is 7.76. The van der Waals surface area contributed by atoms with E-state index in [1.165, 1.54) is 0 Å². The molecule has 3 aliphatic rings. The number of hydrogen-bond acceptors (Lipinski definition) is 3. The minimum atomic E-state index is -3.60. The molecule has 4 nitrogen and oxygen atoms in total. The number of aryl methyl sites for hydroxylation is 1. The zero-order valence-electron chi connectivity index (χ0n) is 13.6. The number of hydrogen-bond donors (Lipinski definition) is 2. The van der Waals surface area contributed by atoms with Crippen LogP contribution in [0.3, 0.4) is 0 Å². The quantitative estimate of drug-likeness (QED) is 0.898. The normalized spacial score (nSPS) is 36.7. The Hall–Kier alpha value is -0.910. The highest BCUT2D eigenvalue weighted by atomic mass is 32.2. The molecule has 4 atom stereocenters. The summed E-state index contributed by atoms with van der Waals surface area (Å²) in [4.78, 5) is 0.257. The molecule has 0 amide bonds. The van der Waals surface area contributed by atoms with Crippen LogP contribution in [0.15, 0.2) is 29.2 Å². The van der Waals surface area contributed by atoms with Gasteiger partial charge in [0.15, 0.2) is 0 Å². The van der Waals surface area contributed by atoms with Crippen LogP contribution < -0.4 is 4.72 Å². The second kappa shape index (κ2) is 4.79. The Labute approximate surface area is 133 Å². The molecule has 0 aliphatic heterocycles. The molecule has 0 unspecified atom stereocenters. The SMILES string of the molecule is Cc1ccc(S(=O)(=O)N[C@H]2C[C@H]3C[C@H](C3(C)C)[C@@]2(C)O)cc1. The highest BCUT2D eigenvalue weighted by molar-refractivity contribution is 7.89. The van der Waals surface area contributed by atoms with Crippen LogP contribution in [0.4, 0.5) is 0 Å². The van der Waals surface area contributed by atoms with Crippen molar-refractivity contribution in [1.29, 1.82) is 0 Å². The fraction of sp³-hybridized carbons (Fsp3) is 0.647. The van der Waals surface area contributed by atoms with E-state index in [1.54, 1.807) is 31.2 Å². The second-order valence-corrected chi connectivity index (χ2v) is 9.47. The number of fused-ring (bicyclic) bond motifs is 2. The lowest BCUT2D eigenvalue weighted by Gasteiger charge is -2.65. The van der Waals surface area contributed by atoms with Crippen molar-refractivity contribution in [3.8, 4) is 0 Å². The standard InChI is InChI=1S/C17H25NO3S/c1-11-5-7-13(8-6-11)22(20,21)18-15-10-12-9-14(16(12,2)3)17(15,4)19/h5-8,12,14-15,18-19H,9-10H2,1-4H3/t12-,14-,15+,17-/m1/s1. The Bertz CT molecular complexity index is 676. The number of nitrogens with one attached hydrogen (secondary N) is 1. The molecule has 3 fully saturated rings. The number of sulfonamides is 1. The fourth-order valence-electron chi connectivity index (χ4n) is 4.31. The summed E-state index contributed by atoms with van der Waals surface area (Å²) in [6.45, 7) is 8.04. The van der Waals surface area contributed by atoms with Gasteiger partial charge in [-0.3, -0.25) is 0 Å². The van der Waals surface area contributed by atoms with E-state index in [-0.39, 0.29) is 16.2 Å². The number of aliphatic hydroxyl groups is 1. The molecule has 0 saturated heterocycles. The van der Waals surface area contributed by atoms with Crippen molar-refractivity contribution >= 4 is 10.0 Å². The summed E-state index contributed by atoms with van der Waals surface area (Å²) in [7, 11) is -3.60. The number of benzene rings is 1. The van der Waals surface area contributed by atoms with Crippen LogP contribution in [-0.2, 0) is 10.0 Å². The lowest BCUT2D eigenvalue weighted by atomic mass is 9.43. The molecule has 1 aromatic rings. The molecule has 3 saturated carbocycles. The van der Waals surface area contributed by atoms with Crippen LogP contribution in [-0.4, -0.2) is 25.2 Å². The maximum atomic E-state index is 12.6. The predicted molar refractivity (Wildman–Crippen MR) is 85.9 cm³/mol. The Morgan fingerprint density at radius 3 is 2.23 bits per heavy atom. The van der Waals surface area contributed by atoms with E-state index < -0.39 is 21.7 Å². The summed E-state index contributed by atoms with van der Waals surface area (Å²) in [6, 6.07) is 6.37. The van der Waals surface area contributed by atoms with Crippen molar-refractivity contribution in [2.75, 3.05) is 0 Å². The van der Waals surface area contributed by atoms with Crippen molar-refractivity contribution < 1.29 is 13.5 Å². The lowest BCUT2D eigenvalue weighted by molar-refractivity contribution is -0.205. The summed E-state index contributed by atoms with van der Waals surface area (Å²) >= 11 is 0. The fourth-order valence-corrected chi connectivity index (χ4v) is 5.65. The molecule has 22 heavy (non-hydrogen) atoms. The Morgan fingerprint density at radius 2 is 1.73 bits per heavy atom. The van der Waals surface area contributed by atoms with E-state index in [0.717, 1.165) is 12.0 Å². The molecule has 122 valence electrons. The zero-order valence-corrected chi connectivity index (χ0v) is 14.4. The van der Waals surface area contributed by atoms with Gasteiger partial charge < -0.3 is 5.11 Å². The van der Waals surface area contributed by atoms with E-state index in [9.17, 15) is 13.5 Å². The topological polar surface area (TPSA) is 66.4 Å². The van der Waals surface area contributed by atoms with Crippen molar-refractivity contribution in [3.05, 3.63) is 29.8 Å². The molecule has 0 aromatic heterocycles. The van der Waals surface area contributed by atoms with Crippen LogP contribution in [0.1, 0.15) is 39.2 Å². The summed E-state index contributed by atoms with van der Waals surface area (Å²) in [6.07, 6.45) is 1.68. The molecule has 4 rings (SSSR count). The molecule has 0 spiro atoms. The number of rotatable bonds is 3. The maximum Gasteiger partial charge on any atom is 0.240 e. The van der Waals surface area contributed by atoms with Crippen LogP contribution in [0.2, 0.25) is 0 Å².